The largest absolute Gasteiger partial charge is 0.497 e. The van der Waals surface area contributed by atoms with Gasteiger partial charge in [-0.15, -0.1) is 0 Å². The average Bonchev–Trinajstić information content (AvgIpc) is 3.02. The van der Waals surface area contributed by atoms with Crippen LogP contribution in [-0.4, -0.2) is 26.1 Å². The first kappa shape index (κ1) is 14.8. The summed E-state index contributed by atoms with van der Waals surface area (Å²) in [7, 11) is 1.59. The summed E-state index contributed by atoms with van der Waals surface area (Å²) in [5.41, 5.74) is 3.53. The molecule has 0 spiro atoms. The highest BCUT2D eigenvalue weighted by atomic mass is 16.5. The first-order valence-corrected chi connectivity index (χ1v) is 8.06. The molecule has 122 valence electrons. The standard InChI is InChI=1S/C20H18O4/c1-22-16-3-5-19-17(12-16)20(21)15(7-9-24-19)11-13-2-4-18-14(10-13)6-8-23-18/h2-5,10-12H,6-9H2,1H3. The van der Waals surface area contributed by atoms with Gasteiger partial charge in [-0.25, -0.2) is 0 Å². The number of ketones is 1. The normalized spacial score (nSPS) is 17.5. The molecule has 4 heteroatoms. The lowest BCUT2D eigenvalue weighted by Crippen LogP contribution is -2.02. The third-order valence-corrected chi connectivity index (χ3v) is 4.41. The Kier molecular flexibility index (Phi) is 3.73. The monoisotopic (exact) mass is 322 g/mol. The molecule has 2 aromatic carbocycles. The Hall–Kier alpha value is -2.75. The lowest BCUT2D eigenvalue weighted by Gasteiger charge is -2.07. The number of hydrogen-bond donors (Lipinski definition) is 0. The van der Waals surface area contributed by atoms with Crippen LogP contribution in [0.25, 0.3) is 6.08 Å². The Morgan fingerprint density at radius 3 is 2.67 bits per heavy atom. The van der Waals surface area contributed by atoms with Gasteiger partial charge in [-0.05, 0) is 47.5 Å². The summed E-state index contributed by atoms with van der Waals surface area (Å²) < 4.78 is 16.5. The third-order valence-electron chi connectivity index (χ3n) is 4.41. The number of methoxy groups -OCH3 is 1. The van der Waals surface area contributed by atoms with Crippen molar-refractivity contribution in [1.29, 1.82) is 0 Å². The number of fused-ring (bicyclic) bond motifs is 2. The van der Waals surface area contributed by atoms with Crippen LogP contribution in [0.4, 0.5) is 0 Å². The van der Waals surface area contributed by atoms with Gasteiger partial charge in [0.25, 0.3) is 0 Å². The van der Waals surface area contributed by atoms with Crippen molar-refractivity contribution >= 4 is 11.9 Å². The second kappa shape index (κ2) is 6.04. The minimum Gasteiger partial charge on any atom is -0.497 e. The summed E-state index contributed by atoms with van der Waals surface area (Å²) in [6.45, 7) is 1.22. The summed E-state index contributed by atoms with van der Waals surface area (Å²) in [5.74, 6) is 2.22. The predicted octanol–water partition coefficient (Wildman–Crippen LogP) is 3.68. The fourth-order valence-corrected chi connectivity index (χ4v) is 3.13. The summed E-state index contributed by atoms with van der Waals surface area (Å²) in [4.78, 5) is 12.9. The molecular weight excluding hydrogens is 304 g/mol. The molecule has 2 heterocycles. The van der Waals surface area contributed by atoms with E-state index in [1.165, 1.54) is 5.56 Å². The van der Waals surface area contributed by atoms with Crippen LogP contribution in [0.15, 0.2) is 42.0 Å². The first-order chi connectivity index (χ1) is 11.7. The topological polar surface area (TPSA) is 44.8 Å². The van der Waals surface area contributed by atoms with Crippen LogP contribution in [0.2, 0.25) is 0 Å². The molecule has 0 bridgehead atoms. The molecule has 2 aliphatic heterocycles. The van der Waals surface area contributed by atoms with Crippen LogP contribution in [0.5, 0.6) is 17.2 Å². The van der Waals surface area contributed by atoms with Gasteiger partial charge in [0, 0.05) is 18.4 Å². The van der Waals surface area contributed by atoms with Crippen LogP contribution in [0, 0.1) is 0 Å². The number of ether oxygens (including phenoxy) is 3. The smallest absolute Gasteiger partial charge is 0.193 e. The van der Waals surface area contributed by atoms with Crippen molar-refractivity contribution in [2.24, 2.45) is 0 Å². The van der Waals surface area contributed by atoms with Gasteiger partial charge in [0.05, 0.1) is 25.9 Å². The maximum absolute atomic E-state index is 12.9. The molecule has 2 aromatic rings. The van der Waals surface area contributed by atoms with E-state index in [4.69, 9.17) is 14.2 Å². The predicted molar refractivity (Wildman–Crippen MR) is 91.1 cm³/mol. The van der Waals surface area contributed by atoms with Crippen molar-refractivity contribution < 1.29 is 19.0 Å². The Labute approximate surface area is 140 Å². The summed E-state index contributed by atoms with van der Waals surface area (Å²) in [6.07, 6.45) is 3.46. The van der Waals surface area contributed by atoms with Gasteiger partial charge in [0.15, 0.2) is 5.78 Å². The first-order valence-electron chi connectivity index (χ1n) is 8.06. The highest BCUT2D eigenvalue weighted by molar-refractivity contribution is 6.13. The molecule has 0 atom stereocenters. The van der Waals surface area contributed by atoms with Gasteiger partial charge >= 0.3 is 0 Å². The molecular formula is C20H18O4. The van der Waals surface area contributed by atoms with E-state index in [-0.39, 0.29) is 5.78 Å². The van der Waals surface area contributed by atoms with Gasteiger partial charge < -0.3 is 14.2 Å². The molecule has 4 nitrogen and oxygen atoms in total. The molecule has 0 N–H and O–H groups in total. The second-order valence-corrected chi connectivity index (χ2v) is 5.92. The number of Topliss-reactive ketones (excluding diaryl/α,β-unsaturated/α-hetero) is 1. The zero-order valence-electron chi connectivity index (χ0n) is 13.5. The van der Waals surface area contributed by atoms with Crippen molar-refractivity contribution in [3.8, 4) is 17.2 Å². The summed E-state index contributed by atoms with van der Waals surface area (Å²) in [5, 5.41) is 0. The number of carbonyl (C=O) groups excluding carboxylic acids is 1. The van der Waals surface area contributed by atoms with Gasteiger partial charge in [0.2, 0.25) is 0 Å². The average molecular weight is 322 g/mol. The minimum absolute atomic E-state index is 0.00171. The van der Waals surface area contributed by atoms with Gasteiger partial charge in [-0.2, -0.15) is 0 Å². The van der Waals surface area contributed by atoms with E-state index in [0.717, 1.165) is 29.9 Å². The minimum atomic E-state index is -0.00171. The number of benzene rings is 2. The molecule has 0 radical (unpaired) electrons. The maximum Gasteiger partial charge on any atom is 0.193 e. The second-order valence-electron chi connectivity index (χ2n) is 5.92. The van der Waals surface area contributed by atoms with Crippen molar-refractivity contribution in [2.75, 3.05) is 20.3 Å². The van der Waals surface area contributed by atoms with E-state index in [1.807, 2.05) is 18.2 Å². The summed E-state index contributed by atoms with van der Waals surface area (Å²) >= 11 is 0. The van der Waals surface area contributed by atoms with Crippen molar-refractivity contribution in [2.45, 2.75) is 12.8 Å². The SMILES string of the molecule is COc1ccc2c(c1)C(=O)C(=Cc1ccc3c(c1)CCO3)CCO2. The van der Waals surface area contributed by atoms with E-state index >= 15 is 0 Å². The van der Waals surface area contributed by atoms with Crippen molar-refractivity contribution in [3.05, 3.63) is 58.7 Å². The molecule has 0 saturated carbocycles. The van der Waals surface area contributed by atoms with Crippen LogP contribution in [-0.2, 0) is 6.42 Å². The third kappa shape index (κ3) is 2.64. The number of carbonyl (C=O) groups is 1. The van der Waals surface area contributed by atoms with Crippen LogP contribution >= 0.6 is 0 Å². The molecule has 0 unspecified atom stereocenters. The lowest BCUT2D eigenvalue weighted by molar-refractivity contribution is 0.103. The highest BCUT2D eigenvalue weighted by Gasteiger charge is 2.22. The van der Waals surface area contributed by atoms with Crippen molar-refractivity contribution in [3.63, 3.8) is 0 Å². The number of hydrogen-bond acceptors (Lipinski definition) is 4. The van der Waals surface area contributed by atoms with E-state index in [9.17, 15) is 4.79 Å². The molecule has 2 aliphatic rings. The highest BCUT2D eigenvalue weighted by Crippen LogP contribution is 2.32. The molecule has 24 heavy (non-hydrogen) atoms. The molecule has 0 aromatic heterocycles. The fraction of sp³-hybridized carbons (Fsp3) is 0.250. The number of rotatable bonds is 2. The molecule has 0 fully saturated rings. The Morgan fingerprint density at radius 2 is 1.79 bits per heavy atom. The van der Waals surface area contributed by atoms with Crippen LogP contribution in [0.1, 0.15) is 27.9 Å². The van der Waals surface area contributed by atoms with Crippen LogP contribution in [0.3, 0.4) is 0 Å². The zero-order valence-corrected chi connectivity index (χ0v) is 13.5. The van der Waals surface area contributed by atoms with E-state index in [2.05, 4.69) is 6.07 Å². The van der Waals surface area contributed by atoms with Crippen molar-refractivity contribution in [1.82, 2.24) is 0 Å². The van der Waals surface area contributed by atoms with Crippen LogP contribution < -0.4 is 14.2 Å². The Balaban J connectivity index is 1.71. The quantitative estimate of drug-likeness (QED) is 0.791. The van der Waals surface area contributed by atoms with Gasteiger partial charge in [-0.3, -0.25) is 4.79 Å². The van der Waals surface area contributed by atoms with E-state index in [0.29, 0.717) is 30.1 Å². The zero-order chi connectivity index (χ0) is 16.5. The lowest BCUT2D eigenvalue weighted by atomic mass is 9.98. The molecule has 0 amide bonds. The maximum atomic E-state index is 12.9. The molecule has 4 rings (SSSR count). The van der Waals surface area contributed by atoms with E-state index < -0.39 is 0 Å². The van der Waals surface area contributed by atoms with E-state index in [1.54, 1.807) is 25.3 Å². The molecule has 0 aliphatic carbocycles. The molecule has 0 saturated heterocycles. The van der Waals surface area contributed by atoms with Gasteiger partial charge in [0.1, 0.15) is 17.2 Å². The fourth-order valence-electron chi connectivity index (χ4n) is 3.13. The van der Waals surface area contributed by atoms with Gasteiger partial charge in [-0.1, -0.05) is 6.07 Å². The summed E-state index contributed by atoms with van der Waals surface area (Å²) in [6, 6.07) is 11.4. The Bertz CT molecular complexity index is 836. The Morgan fingerprint density at radius 1 is 1.00 bits per heavy atom.